The van der Waals surface area contributed by atoms with Crippen LogP contribution in [-0.2, 0) is 0 Å². The molecule has 1 N–H and O–H groups in total. The van der Waals surface area contributed by atoms with Crippen molar-refractivity contribution in [1.82, 2.24) is 4.98 Å². The van der Waals surface area contributed by atoms with E-state index < -0.39 is 0 Å². The van der Waals surface area contributed by atoms with E-state index in [4.69, 9.17) is 16.9 Å². The van der Waals surface area contributed by atoms with E-state index in [-0.39, 0.29) is 0 Å². The summed E-state index contributed by atoms with van der Waals surface area (Å²) < 4.78 is 0.844. The molecule has 0 saturated carbocycles. The van der Waals surface area contributed by atoms with Gasteiger partial charge in [-0.15, -0.1) is 0 Å². The average molecular weight is 323 g/mol. The summed E-state index contributed by atoms with van der Waals surface area (Å²) in [4.78, 5) is 4.32. The predicted molar refractivity (Wildman–Crippen MR) is 76.1 cm³/mol. The third-order valence-corrected chi connectivity index (χ3v) is 3.17. The molecule has 0 aliphatic heterocycles. The van der Waals surface area contributed by atoms with E-state index in [2.05, 4.69) is 32.3 Å². The van der Waals surface area contributed by atoms with Crippen molar-refractivity contribution in [3.05, 3.63) is 51.1 Å². The number of hydrogen-bond donors (Lipinski definition) is 1. The Hall–Kier alpha value is -1.57. The Labute approximate surface area is 119 Å². The fourth-order valence-corrected chi connectivity index (χ4v) is 2.31. The number of aryl methyl sites for hydroxylation is 1. The normalized spacial score (nSPS) is 9.89. The molecule has 1 aromatic heterocycles. The minimum Gasteiger partial charge on any atom is -0.339 e. The Kier molecular flexibility index (Phi) is 3.85. The summed E-state index contributed by atoms with van der Waals surface area (Å²) in [6.45, 7) is 1.85. The minimum absolute atomic E-state index is 0.579. The van der Waals surface area contributed by atoms with E-state index in [0.717, 1.165) is 15.9 Å². The number of aromatic nitrogens is 1. The number of nitrogens with zero attached hydrogens (tertiary/aromatic N) is 2. The Morgan fingerprint density at radius 3 is 2.78 bits per heavy atom. The lowest BCUT2D eigenvalue weighted by atomic mass is 10.2. The maximum atomic E-state index is 8.91. The van der Waals surface area contributed by atoms with Crippen molar-refractivity contribution in [3.63, 3.8) is 0 Å². The van der Waals surface area contributed by atoms with Gasteiger partial charge in [-0.25, -0.2) is 4.98 Å². The molecule has 90 valence electrons. The molecule has 18 heavy (non-hydrogen) atoms. The molecule has 2 aromatic rings. The van der Waals surface area contributed by atoms with E-state index >= 15 is 0 Å². The molecule has 2 rings (SSSR count). The van der Waals surface area contributed by atoms with E-state index in [0.29, 0.717) is 16.4 Å². The SMILES string of the molecule is Cc1cc(C#N)cc(Nc2ccc(Cl)cc2Br)n1. The van der Waals surface area contributed by atoms with E-state index in [1.165, 1.54) is 0 Å². The van der Waals surface area contributed by atoms with Gasteiger partial charge < -0.3 is 5.32 Å². The number of pyridine rings is 1. The molecule has 0 radical (unpaired) electrons. The number of nitriles is 1. The number of hydrogen-bond acceptors (Lipinski definition) is 3. The highest BCUT2D eigenvalue weighted by molar-refractivity contribution is 9.10. The van der Waals surface area contributed by atoms with Crippen LogP contribution in [0.25, 0.3) is 0 Å². The Morgan fingerprint density at radius 1 is 1.33 bits per heavy atom. The first-order chi connectivity index (χ1) is 8.58. The summed E-state index contributed by atoms with van der Waals surface area (Å²) in [5.74, 6) is 0.634. The highest BCUT2D eigenvalue weighted by atomic mass is 79.9. The van der Waals surface area contributed by atoms with Gasteiger partial charge in [0.1, 0.15) is 5.82 Å². The fraction of sp³-hybridized carbons (Fsp3) is 0.0769. The highest BCUT2D eigenvalue weighted by Crippen LogP contribution is 2.28. The van der Waals surface area contributed by atoms with Crippen molar-refractivity contribution < 1.29 is 0 Å². The third-order valence-electron chi connectivity index (χ3n) is 2.28. The average Bonchev–Trinajstić information content (AvgIpc) is 2.32. The Bertz CT molecular complexity index is 635. The van der Waals surface area contributed by atoms with Crippen LogP contribution in [0.1, 0.15) is 11.3 Å². The van der Waals surface area contributed by atoms with Crippen molar-refractivity contribution in [2.75, 3.05) is 5.32 Å². The second kappa shape index (κ2) is 5.38. The smallest absolute Gasteiger partial charge is 0.131 e. The van der Waals surface area contributed by atoms with E-state index in [9.17, 15) is 0 Å². The van der Waals surface area contributed by atoms with Crippen LogP contribution in [-0.4, -0.2) is 4.98 Å². The molecule has 0 aliphatic rings. The lowest BCUT2D eigenvalue weighted by Gasteiger charge is -2.09. The quantitative estimate of drug-likeness (QED) is 0.890. The van der Waals surface area contributed by atoms with Crippen LogP contribution in [0.3, 0.4) is 0 Å². The van der Waals surface area contributed by atoms with Gasteiger partial charge in [0, 0.05) is 15.2 Å². The van der Waals surface area contributed by atoms with Crippen molar-refractivity contribution in [2.45, 2.75) is 6.92 Å². The molecule has 0 atom stereocenters. The summed E-state index contributed by atoms with van der Waals surface area (Å²) >= 11 is 9.30. The lowest BCUT2D eigenvalue weighted by molar-refractivity contribution is 1.19. The summed E-state index contributed by atoms with van der Waals surface area (Å²) in [7, 11) is 0. The largest absolute Gasteiger partial charge is 0.339 e. The van der Waals surface area contributed by atoms with Crippen LogP contribution in [0.5, 0.6) is 0 Å². The van der Waals surface area contributed by atoms with E-state index in [1.54, 1.807) is 24.3 Å². The van der Waals surface area contributed by atoms with Crippen LogP contribution >= 0.6 is 27.5 Å². The second-order valence-corrected chi connectivity index (χ2v) is 5.03. The summed E-state index contributed by atoms with van der Waals surface area (Å²) in [6, 6.07) is 11.0. The molecule has 0 aliphatic carbocycles. The zero-order chi connectivity index (χ0) is 13.1. The molecule has 0 spiro atoms. The molecule has 5 heteroatoms. The van der Waals surface area contributed by atoms with Crippen LogP contribution in [0.15, 0.2) is 34.8 Å². The molecule has 1 aromatic carbocycles. The van der Waals surface area contributed by atoms with Crippen molar-refractivity contribution in [1.29, 1.82) is 5.26 Å². The van der Waals surface area contributed by atoms with Gasteiger partial charge in [0.25, 0.3) is 0 Å². The monoisotopic (exact) mass is 321 g/mol. The number of nitrogens with one attached hydrogen (secondary N) is 1. The number of benzene rings is 1. The maximum Gasteiger partial charge on any atom is 0.131 e. The first kappa shape index (κ1) is 12.9. The van der Waals surface area contributed by atoms with Crippen LogP contribution in [0.4, 0.5) is 11.5 Å². The second-order valence-electron chi connectivity index (χ2n) is 3.74. The molecular formula is C13H9BrClN3. The Balaban J connectivity index is 2.34. The first-order valence-corrected chi connectivity index (χ1v) is 6.36. The van der Waals surface area contributed by atoms with Crippen LogP contribution < -0.4 is 5.32 Å². The zero-order valence-electron chi connectivity index (χ0n) is 9.54. The van der Waals surface area contributed by atoms with Gasteiger partial charge in [-0.2, -0.15) is 5.26 Å². The van der Waals surface area contributed by atoms with Gasteiger partial charge in [0.15, 0.2) is 0 Å². The molecule has 0 fully saturated rings. The molecule has 0 amide bonds. The molecular weight excluding hydrogens is 314 g/mol. The van der Waals surface area contributed by atoms with Gasteiger partial charge in [0.05, 0.1) is 17.3 Å². The molecule has 0 unspecified atom stereocenters. The van der Waals surface area contributed by atoms with Gasteiger partial charge in [0.2, 0.25) is 0 Å². The standard InChI is InChI=1S/C13H9BrClN3/c1-8-4-9(7-16)5-13(17-8)18-12-3-2-10(15)6-11(12)14/h2-6H,1H3,(H,17,18). The zero-order valence-corrected chi connectivity index (χ0v) is 11.9. The molecule has 1 heterocycles. The summed E-state index contributed by atoms with van der Waals surface area (Å²) in [6.07, 6.45) is 0. The first-order valence-electron chi connectivity index (χ1n) is 5.19. The highest BCUT2D eigenvalue weighted by Gasteiger charge is 2.04. The molecule has 3 nitrogen and oxygen atoms in total. The molecule has 0 saturated heterocycles. The minimum atomic E-state index is 0.579. The van der Waals surface area contributed by atoms with Crippen molar-refractivity contribution >= 4 is 39.0 Å². The van der Waals surface area contributed by atoms with E-state index in [1.807, 2.05) is 13.0 Å². The van der Waals surface area contributed by atoms with Crippen molar-refractivity contribution in [3.8, 4) is 6.07 Å². The van der Waals surface area contributed by atoms with Gasteiger partial charge >= 0.3 is 0 Å². The topological polar surface area (TPSA) is 48.7 Å². The lowest BCUT2D eigenvalue weighted by Crippen LogP contribution is -1.96. The van der Waals surface area contributed by atoms with Gasteiger partial charge in [-0.1, -0.05) is 11.6 Å². The predicted octanol–water partition coefficient (Wildman–Crippen LogP) is 4.42. The van der Waals surface area contributed by atoms with Crippen LogP contribution in [0, 0.1) is 18.3 Å². The van der Waals surface area contributed by atoms with Crippen molar-refractivity contribution in [2.24, 2.45) is 0 Å². The van der Waals surface area contributed by atoms with Gasteiger partial charge in [-0.05, 0) is 53.2 Å². The Morgan fingerprint density at radius 2 is 2.11 bits per heavy atom. The number of rotatable bonds is 2. The maximum absolute atomic E-state index is 8.91. The van der Waals surface area contributed by atoms with Crippen LogP contribution in [0.2, 0.25) is 5.02 Å². The molecule has 0 bridgehead atoms. The number of halogens is 2. The summed E-state index contributed by atoms with van der Waals surface area (Å²) in [5, 5.41) is 12.7. The fourth-order valence-electron chi connectivity index (χ4n) is 1.53. The van der Waals surface area contributed by atoms with Gasteiger partial charge in [-0.3, -0.25) is 0 Å². The summed E-state index contributed by atoms with van der Waals surface area (Å²) in [5.41, 5.74) is 2.22. The number of anilines is 2. The third kappa shape index (κ3) is 3.00.